The van der Waals surface area contributed by atoms with Gasteiger partial charge in [0.05, 0.1) is 11.3 Å². The number of thiophene rings is 1. The standard InChI is InChI=1S/C13H9FN2O2S/c14-11-8(6-15)2-1-3-9(11)7-18-13(17)12-10(16)4-5-19-12/h1-5H,7,16H2. The van der Waals surface area contributed by atoms with Crippen molar-refractivity contribution in [2.24, 2.45) is 0 Å². The fraction of sp³-hybridized carbons (Fsp3) is 0.0769. The maximum absolute atomic E-state index is 13.7. The van der Waals surface area contributed by atoms with Crippen molar-refractivity contribution in [2.75, 3.05) is 5.73 Å². The number of nitriles is 1. The summed E-state index contributed by atoms with van der Waals surface area (Å²) in [6.45, 7) is -0.239. The van der Waals surface area contributed by atoms with E-state index in [1.54, 1.807) is 17.5 Å². The van der Waals surface area contributed by atoms with Crippen LogP contribution in [0.4, 0.5) is 10.1 Å². The van der Waals surface area contributed by atoms with Crippen molar-refractivity contribution in [3.05, 3.63) is 51.5 Å². The molecule has 19 heavy (non-hydrogen) atoms. The van der Waals surface area contributed by atoms with Gasteiger partial charge < -0.3 is 10.5 Å². The highest BCUT2D eigenvalue weighted by Gasteiger charge is 2.14. The molecular weight excluding hydrogens is 267 g/mol. The third-order valence-electron chi connectivity index (χ3n) is 2.44. The number of nitrogens with two attached hydrogens (primary N) is 1. The Morgan fingerprint density at radius 2 is 2.26 bits per heavy atom. The van der Waals surface area contributed by atoms with Crippen LogP contribution in [0.3, 0.4) is 0 Å². The van der Waals surface area contributed by atoms with Crippen molar-refractivity contribution in [1.82, 2.24) is 0 Å². The number of carbonyl (C=O) groups is 1. The molecular formula is C13H9FN2O2S. The van der Waals surface area contributed by atoms with Crippen molar-refractivity contribution in [1.29, 1.82) is 5.26 Å². The minimum atomic E-state index is -0.669. The highest BCUT2D eigenvalue weighted by atomic mass is 32.1. The molecule has 0 spiro atoms. The van der Waals surface area contributed by atoms with Crippen LogP contribution in [0.1, 0.15) is 20.8 Å². The van der Waals surface area contributed by atoms with E-state index in [1.807, 2.05) is 0 Å². The summed E-state index contributed by atoms with van der Waals surface area (Å²) < 4.78 is 18.7. The summed E-state index contributed by atoms with van der Waals surface area (Å²) in [6, 6.07) is 7.67. The number of rotatable bonds is 3. The van der Waals surface area contributed by atoms with Crippen molar-refractivity contribution in [3.63, 3.8) is 0 Å². The zero-order valence-corrected chi connectivity index (χ0v) is 10.5. The number of benzene rings is 1. The predicted octanol–water partition coefficient (Wildman–Crippen LogP) is 2.70. The van der Waals surface area contributed by atoms with Crippen molar-refractivity contribution in [2.45, 2.75) is 6.61 Å². The molecule has 1 aromatic carbocycles. The molecule has 6 heteroatoms. The van der Waals surface area contributed by atoms with Gasteiger partial charge in [0, 0.05) is 5.56 Å². The van der Waals surface area contributed by atoms with E-state index in [1.165, 1.54) is 18.2 Å². The van der Waals surface area contributed by atoms with Crippen LogP contribution in [-0.4, -0.2) is 5.97 Å². The summed E-state index contributed by atoms with van der Waals surface area (Å²) in [6.07, 6.45) is 0. The fourth-order valence-corrected chi connectivity index (χ4v) is 2.18. The number of hydrogen-bond acceptors (Lipinski definition) is 5. The number of anilines is 1. The molecule has 2 rings (SSSR count). The van der Waals surface area contributed by atoms with Gasteiger partial charge >= 0.3 is 5.97 Å². The van der Waals surface area contributed by atoms with Gasteiger partial charge in [-0.15, -0.1) is 11.3 Å². The van der Waals surface area contributed by atoms with E-state index in [-0.39, 0.29) is 22.6 Å². The Balaban J connectivity index is 2.10. The molecule has 0 aliphatic carbocycles. The van der Waals surface area contributed by atoms with Crippen LogP contribution in [0.15, 0.2) is 29.6 Å². The number of halogens is 1. The van der Waals surface area contributed by atoms with Crippen LogP contribution < -0.4 is 5.73 Å². The van der Waals surface area contributed by atoms with Gasteiger partial charge in [0.15, 0.2) is 0 Å². The molecule has 96 valence electrons. The number of hydrogen-bond donors (Lipinski definition) is 1. The molecule has 0 fully saturated rings. The highest BCUT2D eigenvalue weighted by molar-refractivity contribution is 7.12. The molecule has 4 nitrogen and oxygen atoms in total. The molecule has 0 amide bonds. The largest absolute Gasteiger partial charge is 0.456 e. The van der Waals surface area contributed by atoms with Gasteiger partial charge in [0.2, 0.25) is 0 Å². The van der Waals surface area contributed by atoms with Gasteiger partial charge in [0.1, 0.15) is 23.4 Å². The van der Waals surface area contributed by atoms with E-state index >= 15 is 0 Å². The maximum atomic E-state index is 13.7. The Morgan fingerprint density at radius 1 is 1.47 bits per heavy atom. The SMILES string of the molecule is N#Cc1cccc(COC(=O)c2sccc2N)c1F. The zero-order valence-electron chi connectivity index (χ0n) is 9.72. The van der Waals surface area contributed by atoms with E-state index in [0.29, 0.717) is 5.69 Å². The van der Waals surface area contributed by atoms with Gasteiger partial charge in [-0.25, -0.2) is 9.18 Å². The first kappa shape index (κ1) is 13.1. The number of carbonyl (C=O) groups excluding carboxylic acids is 1. The number of esters is 1. The van der Waals surface area contributed by atoms with E-state index < -0.39 is 11.8 Å². The molecule has 1 aromatic heterocycles. The molecule has 0 aliphatic heterocycles. The normalized spacial score (nSPS) is 9.89. The molecule has 0 saturated carbocycles. The summed E-state index contributed by atoms with van der Waals surface area (Å²) in [5.41, 5.74) is 5.99. The number of nitrogen functional groups attached to an aromatic ring is 1. The van der Waals surface area contributed by atoms with Crippen LogP contribution >= 0.6 is 11.3 Å². The average molecular weight is 276 g/mol. The van der Waals surface area contributed by atoms with Crippen LogP contribution in [0, 0.1) is 17.1 Å². The van der Waals surface area contributed by atoms with Crippen LogP contribution in [0.2, 0.25) is 0 Å². The van der Waals surface area contributed by atoms with Gasteiger partial charge in [-0.3, -0.25) is 0 Å². The van der Waals surface area contributed by atoms with Gasteiger partial charge in [-0.05, 0) is 17.5 Å². The van der Waals surface area contributed by atoms with E-state index in [4.69, 9.17) is 15.7 Å². The Kier molecular flexibility index (Phi) is 3.78. The Bertz CT molecular complexity index is 661. The van der Waals surface area contributed by atoms with Gasteiger partial charge in [-0.2, -0.15) is 5.26 Å². The van der Waals surface area contributed by atoms with Gasteiger partial charge in [-0.1, -0.05) is 12.1 Å². The zero-order chi connectivity index (χ0) is 13.8. The Labute approximate surface area is 112 Å². The Hall–Kier alpha value is -2.39. The molecule has 0 unspecified atom stereocenters. The van der Waals surface area contributed by atoms with Crippen molar-refractivity contribution in [3.8, 4) is 6.07 Å². The van der Waals surface area contributed by atoms with Gasteiger partial charge in [0.25, 0.3) is 0 Å². The molecule has 2 aromatic rings. The second kappa shape index (κ2) is 5.50. The lowest BCUT2D eigenvalue weighted by Gasteiger charge is -2.06. The third-order valence-corrected chi connectivity index (χ3v) is 3.35. The molecule has 2 N–H and O–H groups in total. The predicted molar refractivity (Wildman–Crippen MR) is 69.0 cm³/mol. The average Bonchev–Trinajstić information content (AvgIpc) is 2.83. The smallest absolute Gasteiger partial charge is 0.350 e. The third kappa shape index (κ3) is 2.72. The summed E-state index contributed by atoms with van der Waals surface area (Å²) >= 11 is 1.16. The first-order valence-electron chi connectivity index (χ1n) is 5.31. The maximum Gasteiger partial charge on any atom is 0.350 e. The molecule has 0 aliphatic rings. The molecule has 0 bridgehead atoms. The Morgan fingerprint density at radius 3 is 2.89 bits per heavy atom. The van der Waals surface area contributed by atoms with Crippen molar-refractivity contribution >= 4 is 23.0 Å². The number of ether oxygens (including phenoxy) is 1. The summed E-state index contributed by atoms with van der Waals surface area (Å²) in [5.74, 6) is -1.27. The minimum absolute atomic E-state index is 0.0795. The fourth-order valence-electron chi connectivity index (χ4n) is 1.47. The van der Waals surface area contributed by atoms with E-state index in [9.17, 15) is 9.18 Å². The summed E-state index contributed by atoms with van der Waals surface area (Å²) in [4.78, 5) is 12.0. The highest BCUT2D eigenvalue weighted by Crippen LogP contribution is 2.21. The molecule has 0 radical (unpaired) electrons. The van der Waals surface area contributed by atoms with E-state index in [0.717, 1.165) is 11.3 Å². The summed E-state index contributed by atoms with van der Waals surface area (Å²) in [7, 11) is 0. The monoisotopic (exact) mass is 276 g/mol. The van der Waals surface area contributed by atoms with Crippen LogP contribution in [0.5, 0.6) is 0 Å². The van der Waals surface area contributed by atoms with E-state index in [2.05, 4.69) is 0 Å². The topological polar surface area (TPSA) is 76.1 Å². The second-order valence-electron chi connectivity index (χ2n) is 3.67. The van der Waals surface area contributed by atoms with Crippen molar-refractivity contribution < 1.29 is 13.9 Å². The second-order valence-corrected chi connectivity index (χ2v) is 4.59. The molecule has 0 atom stereocenters. The quantitative estimate of drug-likeness (QED) is 0.874. The lowest BCUT2D eigenvalue weighted by Crippen LogP contribution is -2.07. The number of nitrogens with zero attached hydrogens (tertiary/aromatic N) is 1. The lowest BCUT2D eigenvalue weighted by molar-refractivity contribution is 0.0476. The van der Waals surface area contributed by atoms with Crippen LogP contribution in [-0.2, 0) is 11.3 Å². The lowest BCUT2D eigenvalue weighted by atomic mass is 10.1. The molecule has 1 heterocycles. The molecule has 0 saturated heterocycles. The first-order valence-corrected chi connectivity index (χ1v) is 6.19. The minimum Gasteiger partial charge on any atom is -0.456 e. The summed E-state index contributed by atoms with van der Waals surface area (Å²) in [5, 5.41) is 10.4. The van der Waals surface area contributed by atoms with Crippen LogP contribution in [0.25, 0.3) is 0 Å². The first-order chi connectivity index (χ1) is 9.13.